The molecule has 3 rings (SSSR count). The van der Waals surface area contributed by atoms with Crippen LogP contribution >= 0.6 is 24.0 Å². The van der Waals surface area contributed by atoms with Crippen LogP contribution in [0.3, 0.4) is 0 Å². The maximum atomic E-state index is 5.64. The van der Waals surface area contributed by atoms with Crippen molar-refractivity contribution < 1.29 is 9.15 Å². The molecule has 1 aromatic heterocycles. The summed E-state index contributed by atoms with van der Waals surface area (Å²) < 4.78 is 11.0. The fourth-order valence-electron chi connectivity index (χ4n) is 3.45. The highest BCUT2D eigenvalue weighted by molar-refractivity contribution is 14.0. The summed E-state index contributed by atoms with van der Waals surface area (Å²) in [5, 5.41) is 7.25. The van der Waals surface area contributed by atoms with Gasteiger partial charge in [0.05, 0.1) is 12.4 Å². The van der Waals surface area contributed by atoms with Crippen LogP contribution in [0.2, 0.25) is 0 Å². The smallest absolute Gasteiger partial charge is 0.191 e. The summed E-state index contributed by atoms with van der Waals surface area (Å²) in [6.45, 7) is 3.72. The van der Waals surface area contributed by atoms with Gasteiger partial charge in [-0.05, 0) is 44.7 Å². The average molecular weight is 447 g/mol. The zero-order valence-corrected chi connectivity index (χ0v) is 16.8. The summed E-state index contributed by atoms with van der Waals surface area (Å²) in [4.78, 5) is 4.77. The molecule has 1 aliphatic heterocycles. The predicted octanol–water partition coefficient (Wildman–Crippen LogP) is 3.49. The summed E-state index contributed by atoms with van der Waals surface area (Å²) >= 11 is 0. The van der Waals surface area contributed by atoms with Crippen molar-refractivity contribution in [1.82, 2.24) is 10.6 Å². The second kappa shape index (κ2) is 10.3. The van der Waals surface area contributed by atoms with Gasteiger partial charge in [0.1, 0.15) is 5.76 Å². The predicted molar refractivity (Wildman–Crippen MR) is 107 cm³/mol. The minimum atomic E-state index is 0. The monoisotopic (exact) mass is 447 g/mol. The van der Waals surface area contributed by atoms with E-state index in [-0.39, 0.29) is 24.0 Å². The summed E-state index contributed by atoms with van der Waals surface area (Å²) in [7, 11) is 0. The lowest BCUT2D eigenvalue weighted by molar-refractivity contribution is 0.0165. The molecule has 2 aliphatic rings. The number of hydrogen-bond donors (Lipinski definition) is 2. The molecule has 6 heteroatoms. The third kappa shape index (κ3) is 6.27. The van der Waals surface area contributed by atoms with Gasteiger partial charge in [-0.2, -0.15) is 0 Å². The molecule has 0 spiro atoms. The topological polar surface area (TPSA) is 58.8 Å². The summed E-state index contributed by atoms with van der Waals surface area (Å²) in [5.41, 5.74) is 0. The van der Waals surface area contributed by atoms with E-state index in [9.17, 15) is 0 Å². The Morgan fingerprint density at radius 3 is 2.71 bits per heavy atom. The highest BCUT2D eigenvalue weighted by Gasteiger charge is 2.22. The van der Waals surface area contributed by atoms with Crippen LogP contribution in [0.5, 0.6) is 0 Å². The molecule has 0 amide bonds. The van der Waals surface area contributed by atoms with Crippen molar-refractivity contribution in [1.29, 1.82) is 0 Å². The van der Waals surface area contributed by atoms with Gasteiger partial charge in [0.25, 0.3) is 0 Å². The van der Waals surface area contributed by atoms with Gasteiger partial charge in [0.2, 0.25) is 0 Å². The third-order valence-corrected chi connectivity index (χ3v) is 4.73. The normalized spacial score (nSPS) is 25.3. The lowest BCUT2D eigenvalue weighted by Crippen LogP contribution is -2.49. The molecular formula is C18H30IN3O2. The largest absolute Gasteiger partial charge is 0.469 e. The Morgan fingerprint density at radius 1 is 1.21 bits per heavy atom. The molecule has 2 N–H and O–H groups in total. The maximum absolute atomic E-state index is 5.64. The van der Waals surface area contributed by atoms with Crippen LogP contribution < -0.4 is 10.6 Å². The molecule has 1 saturated carbocycles. The number of guanidine groups is 1. The van der Waals surface area contributed by atoms with Gasteiger partial charge in [0.15, 0.2) is 5.96 Å². The van der Waals surface area contributed by atoms with Gasteiger partial charge in [-0.1, -0.05) is 12.8 Å². The van der Waals surface area contributed by atoms with Crippen molar-refractivity contribution in [2.24, 2.45) is 4.99 Å². The Hall–Kier alpha value is -0.760. The first kappa shape index (κ1) is 19.6. The van der Waals surface area contributed by atoms with Gasteiger partial charge < -0.3 is 19.8 Å². The number of hydrogen-bond acceptors (Lipinski definition) is 3. The van der Waals surface area contributed by atoms with E-state index in [2.05, 4.69) is 17.6 Å². The molecule has 2 heterocycles. The van der Waals surface area contributed by atoms with Crippen LogP contribution in [0.1, 0.15) is 51.2 Å². The fourth-order valence-corrected chi connectivity index (χ4v) is 3.45. The Bertz CT molecular complexity index is 486. The molecule has 24 heavy (non-hydrogen) atoms. The van der Waals surface area contributed by atoms with E-state index < -0.39 is 0 Å². The Balaban J connectivity index is 0.00000208. The lowest BCUT2D eigenvalue weighted by Gasteiger charge is -2.30. The van der Waals surface area contributed by atoms with E-state index >= 15 is 0 Å². The van der Waals surface area contributed by atoms with Crippen molar-refractivity contribution in [3.63, 3.8) is 0 Å². The Kier molecular flexibility index (Phi) is 8.38. The summed E-state index contributed by atoms with van der Waals surface area (Å²) in [5.74, 6) is 1.95. The Labute approximate surface area is 162 Å². The molecule has 1 aromatic rings. The first-order valence-electron chi connectivity index (χ1n) is 9.01. The van der Waals surface area contributed by atoms with E-state index in [1.807, 2.05) is 12.1 Å². The number of nitrogens with zero attached hydrogens (tertiary/aromatic N) is 1. The van der Waals surface area contributed by atoms with Crippen molar-refractivity contribution in [3.05, 3.63) is 24.2 Å². The SMILES string of the molecule is CC1CC(NC(=NCCc2ccco2)NC2CCCC2)CCO1.I. The van der Waals surface area contributed by atoms with Crippen molar-refractivity contribution in [2.75, 3.05) is 13.2 Å². The fraction of sp³-hybridized carbons (Fsp3) is 0.722. The van der Waals surface area contributed by atoms with Gasteiger partial charge in [-0.3, -0.25) is 4.99 Å². The molecule has 2 atom stereocenters. The molecule has 136 valence electrons. The first-order chi connectivity index (χ1) is 11.3. The van der Waals surface area contributed by atoms with Crippen molar-refractivity contribution >= 4 is 29.9 Å². The van der Waals surface area contributed by atoms with Crippen LogP contribution in [-0.4, -0.2) is 37.3 Å². The van der Waals surface area contributed by atoms with E-state index in [4.69, 9.17) is 14.1 Å². The number of halogens is 1. The van der Waals surface area contributed by atoms with E-state index in [0.29, 0.717) is 18.2 Å². The number of furan rings is 1. The minimum absolute atomic E-state index is 0. The minimum Gasteiger partial charge on any atom is -0.469 e. The highest BCUT2D eigenvalue weighted by Crippen LogP contribution is 2.18. The zero-order valence-electron chi connectivity index (χ0n) is 14.5. The molecule has 0 aromatic carbocycles. The lowest BCUT2D eigenvalue weighted by atomic mass is 10.0. The molecule has 1 saturated heterocycles. The van der Waals surface area contributed by atoms with E-state index in [1.54, 1.807) is 6.26 Å². The van der Waals surface area contributed by atoms with Gasteiger partial charge in [-0.25, -0.2) is 0 Å². The molecule has 2 fully saturated rings. The second-order valence-corrected chi connectivity index (χ2v) is 6.73. The number of ether oxygens (including phenoxy) is 1. The number of rotatable bonds is 5. The maximum Gasteiger partial charge on any atom is 0.191 e. The van der Waals surface area contributed by atoms with Gasteiger partial charge in [0, 0.05) is 31.7 Å². The molecular weight excluding hydrogens is 417 g/mol. The molecule has 0 radical (unpaired) electrons. The molecule has 5 nitrogen and oxygen atoms in total. The molecule has 2 unspecified atom stereocenters. The van der Waals surface area contributed by atoms with Crippen LogP contribution in [0.25, 0.3) is 0 Å². The standard InChI is InChI=1S/C18H29N3O2.HI/c1-14-13-16(9-12-22-14)21-18(20-15-5-2-3-6-15)19-10-8-17-7-4-11-23-17;/h4,7,11,14-16H,2-3,5-6,8-10,12-13H2,1H3,(H2,19,20,21);1H. The van der Waals surface area contributed by atoms with Gasteiger partial charge in [-0.15, -0.1) is 24.0 Å². The summed E-state index contributed by atoms with van der Waals surface area (Å²) in [6.07, 6.45) is 10.1. The Morgan fingerprint density at radius 2 is 2.00 bits per heavy atom. The number of aliphatic imine (C=N–C) groups is 1. The van der Waals surface area contributed by atoms with Crippen molar-refractivity contribution in [3.8, 4) is 0 Å². The van der Waals surface area contributed by atoms with Crippen molar-refractivity contribution in [2.45, 2.75) is 70.1 Å². The average Bonchev–Trinajstić information content (AvgIpc) is 3.21. The quantitative estimate of drug-likeness (QED) is 0.412. The first-order valence-corrected chi connectivity index (χ1v) is 9.01. The van der Waals surface area contributed by atoms with Crippen LogP contribution in [0.4, 0.5) is 0 Å². The zero-order chi connectivity index (χ0) is 15.9. The molecule has 0 bridgehead atoms. The second-order valence-electron chi connectivity index (χ2n) is 6.73. The summed E-state index contributed by atoms with van der Waals surface area (Å²) in [6, 6.07) is 4.96. The van der Waals surface area contributed by atoms with Crippen LogP contribution in [-0.2, 0) is 11.2 Å². The highest BCUT2D eigenvalue weighted by atomic mass is 127. The van der Waals surface area contributed by atoms with Crippen LogP contribution in [0.15, 0.2) is 27.8 Å². The van der Waals surface area contributed by atoms with Crippen LogP contribution in [0, 0.1) is 0 Å². The van der Waals surface area contributed by atoms with E-state index in [1.165, 1.54) is 25.7 Å². The van der Waals surface area contributed by atoms with E-state index in [0.717, 1.165) is 44.1 Å². The van der Waals surface area contributed by atoms with Gasteiger partial charge >= 0.3 is 0 Å². The number of nitrogens with one attached hydrogen (secondary N) is 2. The third-order valence-electron chi connectivity index (χ3n) is 4.73. The molecule has 1 aliphatic carbocycles.